The van der Waals surface area contributed by atoms with Crippen molar-refractivity contribution in [3.05, 3.63) is 0 Å². The van der Waals surface area contributed by atoms with Crippen LogP contribution >= 0.6 is 11.8 Å². The molecule has 5 fully saturated rings. The lowest BCUT2D eigenvalue weighted by Crippen LogP contribution is -2.61. The summed E-state index contributed by atoms with van der Waals surface area (Å²) in [6.45, 7) is 8.75. The van der Waals surface area contributed by atoms with Crippen molar-refractivity contribution in [2.45, 2.75) is 122 Å². The molecular weight excluding hydrogens is 452 g/mol. The van der Waals surface area contributed by atoms with Gasteiger partial charge in [-0.25, -0.2) is 0 Å². The maximum atomic E-state index is 13.0. The Morgan fingerprint density at radius 2 is 1.88 bits per heavy atom. The van der Waals surface area contributed by atoms with Crippen molar-refractivity contribution < 1.29 is 29.2 Å². The van der Waals surface area contributed by atoms with Crippen LogP contribution < -0.4 is 0 Å². The minimum Gasteiger partial charge on any atom is -0.434 e. The van der Waals surface area contributed by atoms with E-state index in [0.717, 1.165) is 50.7 Å². The highest BCUT2D eigenvalue weighted by Crippen LogP contribution is 2.59. The van der Waals surface area contributed by atoms with Crippen LogP contribution in [0.3, 0.4) is 0 Å². The molecule has 1 heterocycles. The summed E-state index contributed by atoms with van der Waals surface area (Å²) in [6.07, 6.45) is 8.17. The number of hydrogen-bond donors (Lipinski definition) is 2. The fraction of sp³-hybridized carbons (Fsp3) is 0.963. The number of thioether (sulfide) groups is 1. The third-order valence-electron chi connectivity index (χ3n) is 9.06. The van der Waals surface area contributed by atoms with E-state index in [1.807, 2.05) is 27.7 Å². The maximum absolute atomic E-state index is 13.0. The van der Waals surface area contributed by atoms with Gasteiger partial charge in [-0.2, -0.15) is 11.8 Å². The van der Waals surface area contributed by atoms with E-state index in [1.165, 1.54) is 6.42 Å². The van der Waals surface area contributed by atoms with E-state index in [2.05, 4.69) is 0 Å². The molecule has 196 valence electrons. The van der Waals surface area contributed by atoms with Gasteiger partial charge in [0.1, 0.15) is 0 Å². The molecule has 4 bridgehead atoms. The molecule has 1 aliphatic heterocycles. The van der Waals surface area contributed by atoms with Gasteiger partial charge >= 0.3 is 5.97 Å². The summed E-state index contributed by atoms with van der Waals surface area (Å²) in [6, 6.07) is 0. The topological polar surface area (TPSA) is 85.2 Å². The molecule has 5 rings (SSSR count). The SMILES string of the molecule is CCC(C)(CCCC(C)(C)C(O)OC12CC3CC(CC(O)(C3)C1)C2)C(=O)OC1CSCCCO1. The smallest absolute Gasteiger partial charge is 0.314 e. The van der Waals surface area contributed by atoms with Crippen molar-refractivity contribution in [2.75, 3.05) is 18.1 Å². The van der Waals surface area contributed by atoms with Gasteiger partial charge in [-0.15, -0.1) is 0 Å². The Balaban J connectivity index is 1.29. The molecule has 0 aromatic rings. The van der Waals surface area contributed by atoms with Crippen LogP contribution in [0.1, 0.15) is 98.3 Å². The van der Waals surface area contributed by atoms with Crippen LogP contribution in [0.25, 0.3) is 0 Å². The van der Waals surface area contributed by atoms with E-state index in [-0.39, 0.29) is 11.6 Å². The number of esters is 1. The predicted molar refractivity (Wildman–Crippen MR) is 133 cm³/mol. The minimum atomic E-state index is -0.886. The Morgan fingerprint density at radius 3 is 2.53 bits per heavy atom. The Kier molecular flexibility index (Phi) is 8.01. The fourth-order valence-corrected chi connectivity index (χ4v) is 7.92. The molecule has 0 radical (unpaired) electrons. The normalized spacial score (nSPS) is 38.2. The van der Waals surface area contributed by atoms with Crippen LogP contribution in [-0.4, -0.2) is 58.1 Å². The molecule has 5 atom stereocenters. The number of ether oxygens (including phenoxy) is 3. The lowest BCUT2D eigenvalue weighted by Gasteiger charge is -2.60. The van der Waals surface area contributed by atoms with Gasteiger partial charge in [0.15, 0.2) is 6.29 Å². The van der Waals surface area contributed by atoms with Crippen molar-refractivity contribution in [1.29, 1.82) is 0 Å². The quantitative estimate of drug-likeness (QED) is 0.322. The number of aliphatic hydroxyl groups excluding tert-OH is 1. The molecule has 7 heteroatoms. The van der Waals surface area contributed by atoms with Crippen molar-refractivity contribution in [3.63, 3.8) is 0 Å². The van der Waals surface area contributed by atoms with Gasteiger partial charge < -0.3 is 24.4 Å². The molecule has 2 N–H and O–H groups in total. The summed E-state index contributed by atoms with van der Waals surface area (Å²) >= 11 is 1.77. The monoisotopic (exact) mass is 498 g/mol. The average molecular weight is 499 g/mol. The first-order chi connectivity index (χ1) is 16.0. The third kappa shape index (κ3) is 5.96. The Hall–Kier alpha value is -0.340. The van der Waals surface area contributed by atoms with Crippen LogP contribution in [0.2, 0.25) is 0 Å². The minimum absolute atomic E-state index is 0.182. The molecule has 34 heavy (non-hydrogen) atoms. The second kappa shape index (κ2) is 10.2. The summed E-state index contributed by atoms with van der Waals surface area (Å²) in [5.41, 5.74) is -1.98. The van der Waals surface area contributed by atoms with Gasteiger partial charge in [-0.05, 0) is 82.3 Å². The van der Waals surface area contributed by atoms with Crippen LogP contribution in [-0.2, 0) is 19.0 Å². The number of carbonyl (C=O) groups is 1. The van der Waals surface area contributed by atoms with Gasteiger partial charge in [0.2, 0.25) is 6.29 Å². The van der Waals surface area contributed by atoms with Gasteiger partial charge in [-0.3, -0.25) is 4.79 Å². The summed E-state index contributed by atoms with van der Waals surface area (Å²) in [4.78, 5) is 13.0. The summed E-state index contributed by atoms with van der Waals surface area (Å²) < 4.78 is 17.9. The highest BCUT2D eigenvalue weighted by molar-refractivity contribution is 7.99. The second-order valence-corrected chi connectivity index (χ2v) is 13.9. The predicted octanol–water partition coefficient (Wildman–Crippen LogP) is 5.04. The molecule has 0 aromatic heterocycles. The number of hydrogen-bond acceptors (Lipinski definition) is 7. The van der Waals surface area contributed by atoms with E-state index >= 15 is 0 Å². The van der Waals surface area contributed by atoms with Gasteiger partial charge in [0, 0.05) is 11.8 Å². The van der Waals surface area contributed by atoms with Crippen LogP contribution in [0.5, 0.6) is 0 Å². The fourth-order valence-electron chi connectivity index (χ4n) is 7.08. The molecule has 0 amide bonds. The molecule has 4 aliphatic carbocycles. The number of aliphatic hydroxyl groups is 2. The first kappa shape index (κ1) is 26.7. The zero-order valence-electron chi connectivity index (χ0n) is 21.6. The first-order valence-corrected chi connectivity index (χ1v) is 14.6. The van der Waals surface area contributed by atoms with E-state index in [9.17, 15) is 15.0 Å². The lowest BCUT2D eigenvalue weighted by molar-refractivity contribution is -0.293. The Bertz CT molecular complexity index is 704. The molecule has 4 saturated carbocycles. The van der Waals surface area contributed by atoms with Crippen molar-refractivity contribution in [2.24, 2.45) is 22.7 Å². The molecule has 6 nitrogen and oxygen atoms in total. The number of carbonyl (C=O) groups excluding carboxylic acids is 1. The summed E-state index contributed by atoms with van der Waals surface area (Å²) in [7, 11) is 0. The molecule has 5 aliphatic rings. The average Bonchev–Trinajstić information content (AvgIpc) is 3.00. The molecule has 1 saturated heterocycles. The Labute approximate surface area is 209 Å². The van der Waals surface area contributed by atoms with E-state index in [1.54, 1.807) is 11.8 Å². The van der Waals surface area contributed by atoms with Crippen molar-refractivity contribution in [1.82, 2.24) is 0 Å². The van der Waals surface area contributed by atoms with Crippen molar-refractivity contribution >= 4 is 17.7 Å². The summed E-state index contributed by atoms with van der Waals surface area (Å²) in [5, 5.41) is 22.2. The van der Waals surface area contributed by atoms with Gasteiger partial charge in [0.25, 0.3) is 0 Å². The number of rotatable bonds is 10. The van der Waals surface area contributed by atoms with Gasteiger partial charge in [-0.1, -0.05) is 27.2 Å². The van der Waals surface area contributed by atoms with Crippen molar-refractivity contribution in [3.8, 4) is 0 Å². The summed E-state index contributed by atoms with van der Waals surface area (Å²) in [5.74, 6) is 2.60. The second-order valence-electron chi connectivity index (χ2n) is 12.7. The molecule has 0 aromatic carbocycles. The zero-order valence-corrected chi connectivity index (χ0v) is 22.5. The molecule has 0 spiro atoms. The third-order valence-corrected chi connectivity index (χ3v) is 10.1. The molecule has 5 unspecified atom stereocenters. The van der Waals surface area contributed by atoms with E-state index in [4.69, 9.17) is 14.2 Å². The largest absolute Gasteiger partial charge is 0.434 e. The standard InChI is InChI=1S/C27H46O6S/c1-5-25(4,23(29)32-21-17-34-11-7-10-31-21)9-6-8-24(2,3)22(28)33-27-15-19-12-20(16-27)14-26(30,13-19)18-27/h19-22,28,30H,5-18H2,1-4H3. The van der Waals surface area contributed by atoms with E-state index in [0.29, 0.717) is 43.5 Å². The Morgan fingerprint density at radius 1 is 1.18 bits per heavy atom. The van der Waals surface area contributed by atoms with Crippen LogP contribution in [0.4, 0.5) is 0 Å². The van der Waals surface area contributed by atoms with E-state index < -0.39 is 29.0 Å². The van der Waals surface area contributed by atoms with Crippen LogP contribution in [0, 0.1) is 22.7 Å². The van der Waals surface area contributed by atoms with Gasteiger partial charge in [0.05, 0.1) is 29.0 Å². The van der Waals surface area contributed by atoms with Crippen LogP contribution in [0.15, 0.2) is 0 Å². The highest BCUT2D eigenvalue weighted by Gasteiger charge is 2.59. The molecular formula is C27H46O6S. The lowest BCUT2D eigenvalue weighted by atomic mass is 9.52. The zero-order chi connectivity index (χ0) is 24.6. The highest BCUT2D eigenvalue weighted by atomic mass is 32.2. The maximum Gasteiger partial charge on any atom is 0.314 e. The first-order valence-electron chi connectivity index (χ1n) is 13.5.